The van der Waals surface area contributed by atoms with E-state index in [-0.39, 0.29) is 11.3 Å². The summed E-state index contributed by atoms with van der Waals surface area (Å²) in [4.78, 5) is 32.3. The first kappa shape index (κ1) is 21.1. The second-order valence-electron chi connectivity index (χ2n) is 7.67. The van der Waals surface area contributed by atoms with Crippen LogP contribution in [0.2, 0.25) is 0 Å². The minimum Gasteiger partial charge on any atom is -0.493 e. The quantitative estimate of drug-likeness (QED) is 0.542. The molecule has 2 aromatic rings. The molecule has 1 saturated carbocycles. The summed E-state index contributed by atoms with van der Waals surface area (Å²) in [5.74, 6) is 1.69. The number of hydrogen-bond acceptors (Lipinski definition) is 5. The van der Waals surface area contributed by atoms with Crippen molar-refractivity contribution in [2.24, 2.45) is 0 Å². The fourth-order valence-corrected chi connectivity index (χ4v) is 4.11. The molecule has 6 nitrogen and oxygen atoms in total. The van der Waals surface area contributed by atoms with Gasteiger partial charge >= 0.3 is 0 Å². The van der Waals surface area contributed by atoms with Gasteiger partial charge < -0.3 is 14.5 Å². The highest BCUT2D eigenvalue weighted by Gasteiger charge is 2.21. The van der Waals surface area contributed by atoms with Gasteiger partial charge in [0.1, 0.15) is 11.5 Å². The smallest absolute Gasteiger partial charge is 0.213 e. The van der Waals surface area contributed by atoms with Crippen LogP contribution in [-0.4, -0.2) is 36.3 Å². The first-order valence-electron chi connectivity index (χ1n) is 10.5. The maximum absolute atomic E-state index is 13.0. The van der Waals surface area contributed by atoms with Crippen LogP contribution in [0.3, 0.4) is 0 Å². The van der Waals surface area contributed by atoms with Crippen LogP contribution in [0.1, 0.15) is 95.9 Å². The SMILES string of the molecule is COc1cc(C(=O)c2c[nH]c(C3CCCCCCCCC3)n2)cc(C=O)c1OC. The average Bonchev–Trinajstić information content (AvgIpc) is 3.25. The van der Waals surface area contributed by atoms with Gasteiger partial charge in [0.25, 0.3) is 0 Å². The first-order chi connectivity index (χ1) is 14.2. The van der Waals surface area contributed by atoms with Gasteiger partial charge in [0.05, 0.1) is 19.8 Å². The number of aromatic nitrogens is 2. The van der Waals surface area contributed by atoms with Crippen LogP contribution in [0.15, 0.2) is 18.3 Å². The molecule has 29 heavy (non-hydrogen) atoms. The molecule has 156 valence electrons. The standard InChI is InChI=1S/C23H30N2O4/c1-28-20-13-17(12-18(15-26)22(20)29-2)21(27)19-14-24-23(25-19)16-10-8-6-4-3-5-7-9-11-16/h12-16H,3-11H2,1-2H3,(H,24,25). The van der Waals surface area contributed by atoms with Crippen molar-refractivity contribution in [3.05, 3.63) is 41.0 Å². The van der Waals surface area contributed by atoms with E-state index in [1.165, 1.54) is 65.2 Å². The third kappa shape index (κ3) is 5.05. The van der Waals surface area contributed by atoms with Gasteiger partial charge in [-0.25, -0.2) is 4.98 Å². The van der Waals surface area contributed by atoms with Gasteiger partial charge in [-0.1, -0.05) is 44.9 Å². The molecular weight excluding hydrogens is 368 g/mol. The fraction of sp³-hybridized carbons (Fsp3) is 0.522. The Bertz CT molecular complexity index is 833. The summed E-state index contributed by atoms with van der Waals surface area (Å²) in [7, 11) is 2.94. The van der Waals surface area contributed by atoms with E-state index in [4.69, 9.17) is 9.47 Å². The molecule has 0 aliphatic heterocycles. The third-order valence-electron chi connectivity index (χ3n) is 5.72. The van der Waals surface area contributed by atoms with E-state index in [9.17, 15) is 9.59 Å². The lowest BCUT2D eigenvalue weighted by Gasteiger charge is -2.16. The van der Waals surface area contributed by atoms with Crippen molar-refractivity contribution >= 4 is 12.1 Å². The Kier molecular flexibility index (Phi) is 7.44. The number of rotatable bonds is 6. The number of carbonyl (C=O) groups is 2. The molecule has 0 unspecified atom stereocenters. The number of ketones is 1. The van der Waals surface area contributed by atoms with Crippen molar-refractivity contribution in [2.45, 2.75) is 63.7 Å². The number of ether oxygens (including phenoxy) is 2. The highest BCUT2D eigenvalue weighted by Crippen LogP contribution is 2.33. The summed E-state index contributed by atoms with van der Waals surface area (Å²) in [6.45, 7) is 0. The predicted molar refractivity (Wildman–Crippen MR) is 111 cm³/mol. The van der Waals surface area contributed by atoms with Crippen LogP contribution < -0.4 is 9.47 Å². The normalized spacial score (nSPS) is 16.2. The molecule has 0 atom stereocenters. The molecule has 0 radical (unpaired) electrons. The van der Waals surface area contributed by atoms with E-state index < -0.39 is 0 Å². The molecule has 0 bridgehead atoms. The van der Waals surface area contributed by atoms with Crippen LogP contribution in [0.4, 0.5) is 0 Å². The summed E-state index contributed by atoms with van der Waals surface area (Å²) in [5, 5.41) is 0. The summed E-state index contributed by atoms with van der Waals surface area (Å²) >= 11 is 0. The topological polar surface area (TPSA) is 81.3 Å². The Labute approximate surface area is 172 Å². The molecule has 1 aromatic carbocycles. The van der Waals surface area contributed by atoms with Gasteiger partial charge in [0.15, 0.2) is 17.8 Å². The Balaban J connectivity index is 1.82. The second-order valence-corrected chi connectivity index (χ2v) is 7.67. The number of benzene rings is 1. The van der Waals surface area contributed by atoms with Gasteiger partial charge in [-0.3, -0.25) is 9.59 Å². The highest BCUT2D eigenvalue weighted by atomic mass is 16.5. The molecule has 3 rings (SSSR count). The van der Waals surface area contributed by atoms with Crippen molar-refractivity contribution in [3.63, 3.8) is 0 Å². The molecule has 0 saturated heterocycles. The molecule has 1 N–H and O–H groups in total. The minimum atomic E-state index is -0.239. The summed E-state index contributed by atoms with van der Waals surface area (Å²) in [6, 6.07) is 3.11. The van der Waals surface area contributed by atoms with Gasteiger partial charge in [-0.15, -0.1) is 0 Å². The zero-order valence-corrected chi connectivity index (χ0v) is 17.3. The molecule has 0 amide bonds. The number of methoxy groups -OCH3 is 2. The lowest BCUT2D eigenvalue weighted by molar-refractivity contribution is 0.103. The number of carbonyl (C=O) groups excluding carboxylic acids is 2. The minimum absolute atomic E-state index is 0.239. The Morgan fingerprint density at radius 1 is 1.03 bits per heavy atom. The van der Waals surface area contributed by atoms with Crippen molar-refractivity contribution < 1.29 is 19.1 Å². The number of nitrogens with zero attached hydrogens (tertiary/aromatic N) is 1. The van der Waals surface area contributed by atoms with Gasteiger partial charge in [-0.05, 0) is 25.0 Å². The van der Waals surface area contributed by atoms with Crippen LogP contribution in [0.5, 0.6) is 11.5 Å². The van der Waals surface area contributed by atoms with Crippen molar-refractivity contribution in [1.82, 2.24) is 9.97 Å². The lowest BCUT2D eigenvalue weighted by Crippen LogP contribution is -2.07. The van der Waals surface area contributed by atoms with E-state index in [0.717, 1.165) is 18.7 Å². The molecule has 1 aromatic heterocycles. The largest absolute Gasteiger partial charge is 0.493 e. The van der Waals surface area contributed by atoms with Gasteiger partial charge in [-0.2, -0.15) is 0 Å². The maximum Gasteiger partial charge on any atom is 0.213 e. The van der Waals surface area contributed by atoms with Gasteiger partial charge in [0.2, 0.25) is 5.78 Å². The molecule has 1 fully saturated rings. The van der Waals surface area contributed by atoms with Crippen molar-refractivity contribution in [1.29, 1.82) is 0 Å². The van der Waals surface area contributed by atoms with Crippen LogP contribution in [0, 0.1) is 0 Å². The number of aromatic amines is 1. The molecule has 1 heterocycles. The Morgan fingerprint density at radius 3 is 2.28 bits per heavy atom. The van der Waals surface area contributed by atoms with E-state index in [1.807, 2.05) is 0 Å². The fourth-order valence-electron chi connectivity index (χ4n) is 4.11. The number of hydrogen-bond donors (Lipinski definition) is 1. The molecule has 1 aliphatic rings. The number of aldehydes is 1. The number of nitrogens with one attached hydrogen (secondary N) is 1. The average molecular weight is 399 g/mol. The van der Waals surface area contributed by atoms with Crippen LogP contribution in [0.25, 0.3) is 0 Å². The first-order valence-corrected chi connectivity index (χ1v) is 10.5. The van der Waals surface area contributed by atoms with Gasteiger partial charge in [0, 0.05) is 17.7 Å². The highest BCUT2D eigenvalue weighted by molar-refractivity contribution is 6.09. The third-order valence-corrected chi connectivity index (χ3v) is 5.72. The summed E-state index contributed by atoms with van der Waals surface area (Å²) < 4.78 is 10.5. The maximum atomic E-state index is 13.0. The lowest BCUT2D eigenvalue weighted by atomic mass is 9.92. The predicted octanol–water partition coefficient (Wildman–Crippen LogP) is 5.08. The van der Waals surface area contributed by atoms with Crippen LogP contribution in [-0.2, 0) is 0 Å². The Hall–Kier alpha value is -2.63. The Morgan fingerprint density at radius 2 is 1.69 bits per heavy atom. The van der Waals surface area contributed by atoms with E-state index >= 15 is 0 Å². The zero-order valence-electron chi connectivity index (χ0n) is 17.3. The van der Waals surface area contributed by atoms with E-state index in [2.05, 4.69) is 9.97 Å². The number of imidazole rings is 1. The zero-order chi connectivity index (χ0) is 20.6. The van der Waals surface area contributed by atoms with Crippen molar-refractivity contribution in [2.75, 3.05) is 14.2 Å². The molecule has 0 spiro atoms. The monoisotopic (exact) mass is 398 g/mol. The second kappa shape index (κ2) is 10.2. The van der Waals surface area contributed by atoms with E-state index in [0.29, 0.717) is 35.0 Å². The molecular formula is C23H30N2O4. The van der Waals surface area contributed by atoms with Crippen molar-refractivity contribution in [3.8, 4) is 11.5 Å². The molecule has 6 heteroatoms. The molecule has 1 aliphatic carbocycles. The summed E-state index contributed by atoms with van der Waals surface area (Å²) in [6.07, 6.45) is 13.5. The summed E-state index contributed by atoms with van der Waals surface area (Å²) in [5.41, 5.74) is 0.994. The van der Waals surface area contributed by atoms with E-state index in [1.54, 1.807) is 12.3 Å². The number of H-pyrrole nitrogens is 1. The van der Waals surface area contributed by atoms with Crippen LogP contribution >= 0.6 is 0 Å².